The third-order valence-corrected chi connectivity index (χ3v) is 12.2. The Balaban J connectivity index is 1.15. The number of aryl methyl sites for hydroxylation is 8. The van der Waals surface area contributed by atoms with Crippen LogP contribution in [0.4, 0.5) is 0 Å². The molecule has 4 heteroatoms. The molecule has 0 saturated heterocycles. The molecule has 0 atom stereocenters. The first-order chi connectivity index (χ1) is 29.6. The van der Waals surface area contributed by atoms with Gasteiger partial charge in [-0.3, -0.25) is 0 Å². The van der Waals surface area contributed by atoms with Gasteiger partial charge in [-0.25, -0.2) is 9.13 Å². The lowest BCUT2D eigenvalue weighted by atomic mass is 9.96. The second kappa shape index (κ2) is 18.0. The molecule has 0 radical (unpaired) electrons. The van der Waals surface area contributed by atoms with Gasteiger partial charge in [0.2, 0.25) is 22.8 Å². The maximum Gasteiger partial charge on any atom is 0.219 e. The Kier molecular flexibility index (Phi) is 12.2. The number of aromatic nitrogens is 4. The maximum atomic E-state index is 2.46. The molecule has 0 bridgehead atoms. The van der Waals surface area contributed by atoms with Gasteiger partial charge < -0.3 is 0 Å². The highest BCUT2D eigenvalue weighted by molar-refractivity contribution is 5.75. The summed E-state index contributed by atoms with van der Waals surface area (Å²) in [6.07, 6.45) is 13.8. The van der Waals surface area contributed by atoms with Crippen LogP contribution in [0.2, 0.25) is 0 Å². The number of pyridine rings is 4. The van der Waals surface area contributed by atoms with Crippen LogP contribution in [-0.4, -0.2) is 0 Å². The fourth-order valence-corrected chi connectivity index (χ4v) is 8.73. The molecule has 4 aromatic heterocycles. The first-order valence-electron chi connectivity index (χ1n) is 22.0. The minimum Gasteiger partial charge on any atom is -0.208 e. The van der Waals surface area contributed by atoms with Crippen LogP contribution in [0.25, 0.3) is 67.3 Å². The maximum absolute atomic E-state index is 2.46. The quantitative estimate of drug-likeness (QED) is 0.0864. The standard InChI is InChI=1S/C57H60N4/c1-9-10-11-12-29-59-32-27-47(28-33-59)52-36-44(6)60(45(7)37-52)54-23-21-50(34-42(54)4)51-22-24-55(43(5)35-51)61-56(48-17-13-40(2)14-18-48)38-53(46-25-30-58(8)31-26-46)39-57(61)49-19-15-41(3)16-20-49/h13-28,30-39H,9-12,29H2,1-8H3/q+4. The van der Waals surface area contributed by atoms with E-state index in [-0.39, 0.29) is 0 Å². The topological polar surface area (TPSA) is 15.5 Å². The summed E-state index contributed by atoms with van der Waals surface area (Å²) < 4.78 is 9.25. The van der Waals surface area contributed by atoms with Crippen molar-refractivity contribution in [2.24, 2.45) is 7.05 Å². The van der Waals surface area contributed by atoms with Crippen LogP contribution in [-0.2, 0) is 13.6 Å². The molecule has 0 spiro atoms. The van der Waals surface area contributed by atoms with Crippen molar-refractivity contribution >= 4 is 0 Å². The molecule has 8 rings (SSSR count). The van der Waals surface area contributed by atoms with E-state index in [2.05, 4.69) is 232 Å². The lowest BCUT2D eigenvalue weighted by Gasteiger charge is -2.15. The van der Waals surface area contributed by atoms with E-state index in [4.69, 9.17) is 0 Å². The fourth-order valence-electron chi connectivity index (χ4n) is 8.73. The highest BCUT2D eigenvalue weighted by Crippen LogP contribution is 2.33. The predicted octanol–water partition coefficient (Wildman–Crippen LogP) is 12.1. The summed E-state index contributed by atoms with van der Waals surface area (Å²) in [6, 6.07) is 50.0. The van der Waals surface area contributed by atoms with E-state index in [9.17, 15) is 0 Å². The Bertz CT molecular complexity index is 2730. The first-order valence-corrected chi connectivity index (χ1v) is 22.0. The zero-order chi connectivity index (χ0) is 42.6. The second-order valence-corrected chi connectivity index (χ2v) is 17.1. The minimum atomic E-state index is 1.08. The molecule has 4 aromatic carbocycles. The van der Waals surface area contributed by atoms with Gasteiger partial charge in [0.15, 0.2) is 36.2 Å². The summed E-state index contributed by atoms with van der Waals surface area (Å²) in [5.74, 6) is 0. The molecule has 0 aliphatic rings. The summed E-state index contributed by atoms with van der Waals surface area (Å²) in [5, 5.41) is 0. The molecule has 0 amide bonds. The molecule has 4 nitrogen and oxygen atoms in total. The van der Waals surface area contributed by atoms with Gasteiger partial charge in [-0.15, -0.1) is 0 Å². The fraction of sp³-hybridized carbons (Fsp3) is 0.228. The molecule has 4 heterocycles. The van der Waals surface area contributed by atoms with E-state index in [1.54, 1.807) is 0 Å². The zero-order valence-corrected chi connectivity index (χ0v) is 37.3. The summed E-state index contributed by atoms with van der Waals surface area (Å²) >= 11 is 0. The number of unbranched alkanes of at least 4 members (excludes halogenated alkanes) is 3. The van der Waals surface area contributed by atoms with Crippen molar-refractivity contribution in [3.05, 3.63) is 192 Å². The van der Waals surface area contributed by atoms with Crippen LogP contribution in [0.1, 0.15) is 66.2 Å². The Morgan fingerprint density at radius 2 is 0.820 bits per heavy atom. The molecule has 0 aliphatic heterocycles. The van der Waals surface area contributed by atoms with Crippen LogP contribution in [0.5, 0.6) is 0 Å². The summed E-state index contributed by atoms with van der Waals surface area (Å²) in [6.45, 7) is 16.6. The van der Waals surface area contributed by atoms with Crippen LogP contribution < -0.4 is 18.3 Å². The van der Waals surface area contributed by atoms with Gasteiger partial charge in [-0.05, 0) is 116 Å². The average Bonchev–Trinajstić information content (AvgIpc) is 3.26. The summed E-state index contributed by atoms with van der Waals surface area (Å²) in [4.78, 5) is 0. The number of nitrogens with zero attached hydrogens (tertiary/aromatic N) is 4. The van der Waals surface area contributed by atoms with E-state index in [1.807, 2.05) is 0 Å². The molecule has 0 saturated carbocycles. The molecular formula is C57H60N4+4. The number of hydrogen-bond donors (Lipinski definition) is 0. The van der Waals surface area contributed by atoms with Gasteiger partial charge >= 0.3 is 0 Å². The van der Waals surface area contributed by atoms with Crippen molar-refractivity contribution in [3.63, 3.8) is 0 Å². The Hall–Kier alpha value is -6.52. The smallest absolute Gasteiger partial charge is 0.208 e. The van der Waals surface area contributed by atoms with E-state index >= 15 is 0 Å². The van der Waals surface area contributed by atoms with Gasteiger partial charge in [0.25, 0.3) is 0 Å². The van der Waals surface area contributed by atoms with Gasteiger partial charge in [0.05, 0.1) is 0 Å². The van der Waals surface area contributed by atoms with E-state index in [1.165, 1.54) is 110 Å². The largest absolute Gasteiger partial charge is 0.219 e. The van der Waals surface area contributed by atoms with Crippen LogP contribution in [0.3, 0.4) is 0 Å². The van der Waals surface area contributed by atoms with Gasteiger partial charge in [0.1, 0.15) is 13.6 Å². The molecule has 0 fully saturated rings. The van der Waals surface area contributed by atoms with Crippen molar-refractivity contribution in [2.45, 2.75) is 80.7 Å². The van der Waals surface area contributed by atoms with E-state index < -0.39 is 0 Å². The number of hydrogen-bond acceptors (Lipinski definition) is 0. The third kappa shape index (κ3) is 9.00. The SMILES string of the molecule is CCCCCC[n+]1ccc(-c2cc(C)[n+](-c3ccc(-c4ccc(-[n+]5c(-c6ccc(C)cc6)cc(-c6cc[n+](C)cc6)cc5-c5ccc(C)cc5)c(C)c4)cc3C)c(C)c2)cc1. The third-order valence-electron chi connectivity index (χ3n) is 12.2. The van der Waals surface area contributed by atoms with Gasteiger partial charge in [0, 0.05) is 103 Å². The first kappa shape index (κ1) is 41.2. The highest BCUT2D eigenvalue weighted by Gasteiger charge is 2.27. The van der Waals surface area contributed by atoms with Crippen molar-refractivity contribution in [1.29, 1.82) is 0 Å². The Morgan fingerprint density at radius 1 is 0.377 bits per heavy atom. The summed E-state index contributed by atoms with van der Waals surface area (Å²) in [7, 11) is 2.06. The second-order valence-electron chi connectivity index (χ2n) is 17.1. The molecule has 0 unspecified atom stereocenters. The Morgan fingerprint density at radius 3 is 1.30 bits per heavy atom. The van der Waals surface area contributed by atoms with E-state index in [0.717, 1.165) is 23.6 Å². The molecule has 0 N–H and O–H groups in total. The molecule has 0 aliphatic carbocycles. The van der Waals surface area contributed by atoms with Crippen molar-refractivity contribution in [1.82, 2.24) is 0 Å². The van der Waals surface area contributed by atoms with Gasteiger partial charge in [-0.1, -0.05) is 55.2 Å². The predicted molar refractivity (Wildman–Crippen MR) is 251 cm³/mol. The van der Waals surface area contributed by atoms with E-state index in [0.29, 0.717) is 0 Å². The van der Waals surface area contributed by atoms with Crippen LogP contribution in [0, 0.1) is 41.5 Å². The molecule has 8 aromatic rings. The van der Waals surface area contributed by atoms with Crippen molar-refractivity contribution < 1.29 is 18.3 Å². The molecule has 61 heavy (non-hydrogen) atoms. The number of benzene rings is 4. The lowest BCUT2D eigenvalue weighted by molar-refractivity contribution is -0.697. The molecule has 304 valence electrons. The van der Waals surface area contributed by atoms with Crippen LogP contribution in [0.15, 0.2) is 158 Å². The Labute approximate surface area is 363 Å². The minimum absolute atomic E-state index is 1.08. The zero-order valence-electron chi connectivity index (χ0n) is 37.3. The average molecular weight is 801 g/mol. The lowest BCUT2D eigenvalue weighted by Crippen LogP contribution is -2.38. The van der Waals surface area contributed by atoms with Crippen LogP contribution >= 0.6 is 0 Å². The van der Waals surface area contributed by atoms with Gasteiger partial charge in [-0.2, -0.15) is 9.13 Å². The normalized spacial score (nSPS) is 11.3. The molecular weight excluding hydrogens is 741 g/mol. The highest BCUT2D eigenvalue weighted by atomic mass is 15.0. The van der Waals surface area contributed by atoms with Crippen molar-refractivity contribution in [2.75, 3.05) is 0 Å². The number of rotatable bonds is 12. The van der Waals surface area contributed by atoms with Crippen molar-refractivity contribution in [3.8, 4) is 67.3 Å². The monoisotopic (exact) mass is 800 g/mol. The summed E-state index contributed by atoms with van der Waals surface area (Å²) in [5.41, 5.74) is 21.7.